The van der Waals surface area contributed by atoms with Crippen molar-refractivity contribution < 1.29 is 5.11 Å². The molecule has 0 radical (unpaired) electrons. The Kier molecular flexibility index (Phi) is 4.51. The van der Waals surface area contributed by atoms with E-state index in [1.54, 1.807) is 0 Å². The summed E-state index contributed by atoms with van der Waals surface area (Å²) in [6.45, 7) is 0. The summed E-state index contributed by atoms with van der Waals surface area (Å²) in [5.41, 5.74) is 0. The molecule has 0 aromatic rings. The minimum absolute atomic E-state index is 0.0365. The Labute approximate surface area is 95.4 Å². The van der Waals surface area contributed by atoms with Crippen LogP contribution in [0.3, 0.4) is 0 Å². The molecule has 2 aliphatic rings. The molecular formula is C11H20OS2. The predicted octanol–water partition coefficient (Wildman–Crippen LogP) is 3.12. The normalized spacial score (nSPS) is 28.9. The minimum Gasteiger partial charge on any atom is -0.391 e. The van der Waals surface area contributed by atoms with Gasteiger partial charge < -0.3 is 5.11 Å². The van der Waals surface area contributed by atoms with Gasteiger partial charge in [-0.3, -0.25) is 0 Å². The van der Waals surface area contributed by atoms with E-state index in [0.29, 0.717) is 10.5 Å². The molecule has 14 heavy (non-hydrogen) atoms. The largest absolute Gasteiger partial charge is 0.391 e. The highest BCUT2D eigenvalue weighted by Crippen LogP contribution is 2.38. The molecule has 1 aliphatic heterocycles. The van der Waals surface area contributed by atoms with Crippen LogP contribution in [0.4, 0.5) is 0 Å². The Morgan fingerprint density at radius 1 is 0.929 bits per heavy atom. The van der Waals surface area contributed by atoms with E-state index in [4.69, 9.17) is 0 Å². The molecule has 1 N–H and O–H groups in total. The highest BCUT2D eigenvalue weighted by atomic mass is 32.2. The molecule has 1 atom stereocenters. The van der Waals surface area contributed by atoms with Gasteiger partial charge in [0.05, 0.1) is 10.7 Å². The van der Waals surface area contributed by atoms with E-state index in [1.165, 1.54) is 50.0 Å². The van der Waals surface area contributed by atoms with Crippen LogP contribution < -0.4 is 0 Å². The molecule has 1 aliphatic carbocycles. The van der Waals surface area contributed by atoms with Gasteiger partial charge in [-0.05, 0) is 36.7 Å². The van der Waals surface area contributed by atoms with Crippen LogP contribution in [0.1, 0.15) is 38.5 Å². The van der Waals surface area contributed by atoms with Gasteiger partial charge in [0, 0.05) is 0 Å². The third-order valence-electron chi connectivity index (χ3n) is 3.26. The Hall–Kier alpha value is 0.660. The summed E-state index contributed by atoms with van der Waals surface area (Å²) < 4.78 is 0.479. The molecule has 1 saturated carbocycles. The van der Waals surface area contributed by atoms with Crippen molar-refractivity contribution in [1.82, 2.24) is 0 Å². The lowest BCUT2D eigenvalue weighted by Gasteiger charge is -2.33. The molecular weight excluding hydrogens is 212 g/mol. The maximum Gasteiger partial charge on any atom is 0.0778 e. The second kappa shape index (κ2) is 5.66. The molecule has 1 heterocycles. The zero-order valence-corrected chi connectivity index (χ0v) is 10.3. The topological polar surface area (TPSA) is 20.2 Å². The molecule has 0 aromatic carbocycles. The Bertz CT molecular complexity index is 145. The highest BCUT2D eigenvalue weighted by molar-refractivity contribution is 8.17. The number of rotatable bonds is 2. The van der Waals surface area contributed by atoms with Gasteiger partial charge in [0.1, 0.15) is 0 Å². The molecule has 2 fully saturated rings. The fourth-order valence-electron chi connectivity index (χ4n) is 2.40. The van der Waals surface area contributed by atoms with Gasteiger partial charge >= 0.3 is 0 Å². The molecule has 2 rings (SSSR count). The second-order valence-electron chi connectivity index (χ2n) is 4.35. The summed E-state index contributed by atoms with van der Waals surface area (Å²) in [4.78, 5) is 0. The predicted molar refractivity (Wildman–Crippen MR) is 65.9 cm³/mol. The number of hydrogen-bond donors (Lipinski definition) is 1. The lowest BCUT2D eigenvalue weighted by Crippen LogP contribution is -2.32. The molecule has 0 spiro atoms. The van der Waals surface area contributed by atoms with Crippen LogP contribution in [0, 0.1) is 5.92 Å². The number of thioether (sulfide) groups is 2. The van der Waals surface area contributed by atoms with Gasteiger partial charge in [-0.15, -0.1) is 23.5 Å². The third kappa shape index (κ3) is 2.83. The summed E-state index contributed by atoms with van der Waals surface area (Å²) in [7, 11) is 0. The SMILES string of the molecule is OC(C1CCCCC1)C1SCCCS1. The van der Waals surface area contributed by atoms with Gasteiger partial charge in [0.2, 0.25) is 0 Å². The van der Waals surface area contributed by atoms with Crippen molar-refractivity contribution in [3.8, 4) is 0 Å². The van der Waals surface area contributed by atoms with Crippen molar-refractivity contribution in [3.05, 3.63) is 0 Å². The first kappa shape index (κ1) is 11.2. The van der Waals surface area contributed by atoms with Gasteiger partial charge in [-0.25, -0.2) is 0 Å². The van der Waals surface area contributed by atoms with Gasteiger partial charge in [0.25, 0.3) is 0 Å². The third-order valence-corrected chi connectivity index (χ3v) is 6.34. The van der Waals surface area contributed by atoms with E-state index >= 15 is 0 Å². The first-order chi connectivity index (χ1) is 6.88. The Morgan fingerprint density at radius 3 is 2.21 bits per heavy atom. The molecule has 0 amide bonds. The first-order valence-electron chi connectivity index (χ1n) is 5.79. The van der Waals surface area contributed by atoms with Gasteiger partial charge in [-0.1, -0.05) is 19.3 Å². The molecule has 0 bridgehead atoms. The van der Waals surface area contributed by atoms with E-state index in [2.05, 4.69) is 0 Å². The zero-order chi connectivity index (χ0) is 9.80. The van der Waals surface area contributed by atoms with E-state index in [0.717, 1.165) is 0 Å². The van der Waals surface area contributed by atoms with Crippen molar-refractivity contribution in [2.45, 2.75) is 49.2 Å². The standard InChI is InChI=1S/C11H20OS2/c12-10(9-5-2-1-3-6-9)11-13-7-4-8-14-11/h9-12H,1-8H2. The average molecular weight is 232 g/mol. The molecule has 0 aromatic heterocycles. The van der Waals surface area contributed by atoms with Crippen LogP contribution in [0.25, 0.3) is 0 Å². The van der Waals surface area contributed by atoms with Crippen molar-refractivity contribution in [2.24, 2.45) is 5.92 Å². The molecule has 1 nitrogen and oxygen atoms in total. The highest BCUT2D eigenvalue weighted by Gasteiger charge is 2.30. The van der Waals surface area contributed by atoms with Crippen LogP contribution in [0.2, 0.25) is 0 Å². The molecule has 1 saturated heterocycles. The van der Waals surface area contributed by atoms with Crippen LogP contribution in [0.5, 0.6) is 0 Å². The first-order valence-corrected chi connectivity index (χ1v) is 7.89. The molecule has 1 unspecified atom stereocenters. The van der Waals surface area contributed by atoms with Crippen molar-refractivity contribution >= 4 is 23.5 Å². The fourth-order valence-corrected chi connectivity index (χ4v) is 5.47. The zero-order valence-electron chi connectivity index (χ0n) is 8.65. The summed E-state index contributed by atoms with van der Waals surface area (Å²) in [6, 6.07) is 0. The Balaban J connectivity index is 1.82. The van der Waals surface area contributed by atoms with Crippen molar-refractivity contribution in [2.75, 3.05) is 11.5 Å². The fraction of sp³-hybridized carbons (Fsp3) is 1.00. The summed E-state index contributed by atoms with van der Waals surface area (Å²) in [5.74, 6) is 3.11. The Morgan fingerprint density at radius 2 is 1.57 bits per heavy atom. The van der Waals surface area contributed by atoms with Crippen LogP contribution in [-0.2, 0) is 0 Å². The number of aliphatic hydroxyl groups is 1. The maximum absolute atomic E-state index is 10.3. The van der Waals surface area contributed by atoms with E-state index in [1.807, 2.05) is 23.5 Å². The van der Waals surface area contributed by atoms with Gasteiger partial charge in [-0.2, -0.15) is 0 Å². The minimum atomic E-state index is -0.0365. The van der Waals surface area contributed by atoms with E-state index in [-0.39, 0.29) is 6.10 Å². The van der Waals surface area contributed by atoms with Crippen LogP contribution in [-0.4, -0.2) is 27.3 Å². The lowest BCUT2D eigenvalue weighted by atomic mass is 9.86. The summed E-state index contributed by atoms with van der Waals surface area (Å²) in [6.07, 6.45) is 7.87. The monoisotopic (exact) mass is 232 g/mol. The van der Waals surface area contributed by atoms with Crippen LogP contribution in [0.15, 0.2) is 0 Å². The van der Waals surface area contributed by atoms with Crippen molar-refractivity contribution in [3.63, 3.8) is 0 Å². The smallest absolute Gasteiger partial charge is 0.0778 e. The molecule has 82 valence electrons. The van der Waals surface area contributed by atoms with Gasteiger partial charge in [0.15, 0.2) is 0 Å². The molecule has 3 heteroatoms. The average Bonchev–Trinajstić information content (AvgIpc) is 2.30. The van der Waals surface area contributed by atoms with Crippen molar-refractivity contribution in [1.29, 1.82) is 0 Å². The lowest BCUT2D eigenvalue weighted by molar-refractivity contribution is 0.0987. The maximum atomic E-state index is 10.3. The van der Waals surface area contributed by atoms with E-state index in [9.17, 15) is 5.11 Å². The van der Waals surface area contributed by atoms with E-state index < -0.39 is 0 Å². The summed E-state index contributed by atoms with van der Waals surface area (Å²) in [5, 5.41) is 10.3. The number of aliphatic hydroxyl groups excluding tert-OH is 1. The number of hydrogen-bond acceptors (Lipinski definition) is 3. The van der Waals surface area contributed by atoms with Crippen LogP contribution >= 0.6 is 23.5 Å². The summed E-state index contributed by atoms with van der Waals surface area (Å²) >= 11 is 3.96. The quantitative estimate of drug-likeness (QED) is 0.790. The second-order valence-corrected chi connectivity index (χ2v) is 7.15.